The molecule has 1 aliphatic rings. The largest absolute Gasteiger partial charge is 0.492 e. The maximum absolute atomic E-state index is 12.8. The topological polar surface area (TPSA) is 32.7 Å². The average Bonchev–Trinajstić information content (AvgIpc) is 2.47. The van der Waals surface area contributed by atoms with Crippen LogP contribution >= 0.6 is 0 Å². The third-order valence-corrected chi connectivity index (χ3v) is 3.79. The van der Waals surface area contributed by atoms with E-state index >= 15 is 0 Å². The molecule has 0 saturated carbocycles. The molecule has 0 spiro atoms. The summed E-state index contributed by atoms with van der Waals surface area (Å²) in [5, 5.41) is 9.30. The van der Waals surface area contributed by atoms with E-state index in [1.165, 1.54) is 18.2 Å². The summed E-state index contributed by atoms with van der Waals surface area (Å²) in [6, 6.07) is 5.33. The van der Waals surface area contributed by atoms with Gasteiger partial charge in [-0.2, -0.15) is 13.2 Å². The molecular weight excluding hydrogens is 283 g/mol. The zero-order valence-corrected chi connectivity index (χ0v) is 11.8. The smallest absolute Gasteiger partial charge is 0.419 e. The van der Waals surface area contributed by atoms with Crippen LogP contribution in [0.4, 0.5) is 13.2 Å². The van der Waals surface area contributed by atoms with Gasteiger partial charge < -0.3 is 9.84 Å². The first-order valence-electron chi connectivity index (χ1n) is 7.16. The number of nitrogens with zero attached hydrogens (tertiary/aromatic N) is 1. The van der Waals surface area contributed by atoms with Crippen molar-refractivity contribution >= 4 is 0 Å². The third-order valence-electron chi connectivity index (χ3n) is 3.79. The number of aliphatic hydroxyl groups excluding tert-OH is 1. The summed E-state index contributed by atoms with van der Waals surface area (Å²) in [4.78, 5) is 2.08. The Bertz CT molecular complexity index is 451. The van der Waals surface area contributed by atoms with Crippen molar-refractivity contribution in [1.82, 2.24) is 4.90 Å². The van der Waals surface area contributed by atoms with Crippen LogP contribution in [0.5, 0.6) is 5.75 Å². The van der Waals surface area contributed by atoms with Crippen molar-refractivity contribution < 1.29 is 23.0 Å². The molecule has 21 heavy (non-hydrogen) atoms. The molecule has 0 amide bonds. The van der Waals surface area contributed by atoms with Gasteiger partial charge in [0.05, 0.1) is 12.2 Å². The summed E-state index contributed by atoms with van der Waals surface area (Å²) in [6.45, 7) is 1.65. The fourth-order valence-electron chi connectivity index (χ4n) is 2.66. The van der Waals surface area contributed by atoms with Crippen LogP contribution in [0, 0.1) is 0 Å². The second kappa shape index (κ2) is 7.13. The van der Waals surface area contributed by atoms with Crippen molar-refractivity contribution in [2.75, 3.05) is 26.3 Å². The molecule has 1 fully saturated rings. The van der Waals surface area contributed by atoms with Crippen molar-refractivity contribution in [2.45, 2.75) is 31.5 Å². The molecular formula is C15H20F3NO2. The van der Waals surface area contributed by atoms with Crippen LogP contribution in [0.3, 0.4) is 0 Å². The minimum absolute atomic E-state index is 0.0825. The molecule has 1 aromatic carbocycles. The number of hydrogen-bond donors (Lipinski definition) is 1. The standard InChI is InChI=1S/C15H20F3NO2/c16-15(17,18)13-6-1-2-7-14(13)21-10-9-19-8-4-3-5-12(19)11-20/h1-2,6-7,12,20H,3-5,8-11H2. The molecule has 1 aromatic rings. The lowest BCUT2D eigenvalue weighted by Gasteiger charge is -2.34. The van der Waals surface area contributed by atoms with E-state index in [2.05, 4.69) is 4.90 Å². The van der Waals surface area contributed by atoms with Crippen LogP contribution in [0.2, 0.25) is 0 Å². The highest BCUT2D eigenvalue weighted by Gasteiger charge is 2.34. The van der Waals surface area contributed by atoms with Crippen molar-refractivity contribution in [1.29, 1.82) is 0 Å². The van der Waals surface area contributed by atoms with E-state index in [-0.39, 0.29) is 25.0 Å². The molecule has 1 N–H and O–H groups in total. The number of halogens is 3. The van der Waals surface area contributed by atoms with E-state index in [0.717, 1.165) is 31.9 Å². The highest BCUT2D eigenvalue weighted by atomic mass is 19.4. The fraction of sp³-hybridized carbons (Fsp3) is 0.600. The highest BCUT2D eigenvalue weighted by Crippen LogP contribution is 2.35. The first kappa shape index (κ1) is 16.1. The van der Waals surface area contributed by atoms with Crippen LogP contribution < -0.4 is 4.74 Å². The van der Waals surface area contributed by atoms with E-state index in [1.54, 1.807) is 0 Å². The van der Waals surface area contributed by atoms with Gasteiger partial charge in [-0.1, -0.05) is 18.6 Å². The Morgan fingerprint density at radius 1 is 1.24 bits per heavy atom. The summed E-state index contributed by atoms with van der Waals surface area (Å²) >= 11 is 0. The molecule has 1 aliphatic heterocycles. The summed E-state index contributed by atoms with van der Waals surface area (Å²) in [7, 11) is 0. The Kier molecular flexibility index (Phi) is 5.47. The molecule has 1 atom stereocenters. The number of likely N-dealkylation sites (tertiary alicyclic amines) is 1. The molecule has 0 aliphatic carbocycles. The lowest BCUT2D eigenvalue weighted by Crippen LogP contribution is -2.43. The van der Waals surface area contributed by atoms with E-state index in [4.69, 9.17) is 4.74 Å². The van der Waals surface area contributed by atoms with Crippen molar-refractivity contribution in [3.63, 3.8) is 0 Å². The van der Waals surface area contributed by atoms with Gasteiger partial charge >= 0.3 is 6.18 Å². The lowest BCUT2D eigenvalue weighted by molar-refractivity contribution is -0.139. The van der Waals surface area contributed by atoms with E-state index in [1.807, 2.05) is 0 Å². The van der Waals surface area contributed by atoms with Gasteiger partial charge in [0.2, 0.25) is 0 Å². The minimum Gasteiger partial charge on any atom is -0.492 e. The van der Waals surface area contributed by atoms with E-state index in [0.29, 0.717) is 6.54 Å². The van der Waals surface area contributed by atoms with Gasteiger partial charge in [0.25, 0.3) is 0 Å². The molecule has 1 saturated heterocycles. The maximum atomic E-state index is 12.8. The average molecular weight is 303 g/mol. The number of rotatable bonds is 5. The van der Waals surface area contributed by atoms with Gasteiger partial charge in [-0.25, -0.2) is 0 Å². The predicted molar refractivity (Wildman–Crippen MR) is 73.2 cm³/mol. The third kappa shape index (κ3) is 4.35. The number of hydrogen-bond acceptors (Lipinski definition) is 3. The van der Waals surface area contributed by atoms with Crippen molar-refractivity contribution in [3.05, 3.63) is 29.8 Å². The molecule has 0 radical (unpaired) electrons. The minimum atomic E-state index is -4.41. The number of piperidine rings is 1. The Morgan fingerprint density at radius 3 is 2.71 bits per heavy atom. The lowest BCUT2D eigenvalue weighted by atomic mass is 10.0. The molecule has 6 heteroatoms. The number of ether oxygens (including phenoxy) is 1. The van der Waals surface area contributed by atoms with Gasteiger partial charge in [-0.15, -0.1) is 0 Å². The SMILES string of the molecule is OCC1CCCCN1CCOc1ccccc1C(F)(F)F. The van der Waals surface area contributed by atoms with Gasteiger partial charge in [0, 0.05) is 12.6 Å². The zero-order chi connectivity index (χ0) is 15.3. The van der Waals surface area contributed by atoms with Crippen LogP contribution in [0.1, 0.15) is 24.8 Å². The van der Waals surface area contributed by atoms with Crippen molar-refractivity contribution in [3.8, 4) is 5.75 Å². The van der Waals surface area contributed by atoms with E-state index in [9.17, 15) is 18.3 Å². The summed E-state index contributed by atoms with van der Waals surface area (Å²) in [5.41, 5.74) is -0.748. The van der Waals surface area contributed by atoms with Gasteiger partial charge in [-0.3, -0.25) is 4.90 Å². The number of para-hydroxylation sites is 1. The Labute approximate surface area is 122 Å². The zero-order valence-electron chi connectivity index (χ0n) is 11.8. The Balaban J connectivity index is 1.91. The first-order chi connectivity index (χ1) is 10.0. The van der Waals surface area contributed by atoms with Crippen LogP contribution in [0.25, 0.3) is 0 Å². The molecule has 0 aromatic heterocycles. The maximum Gasteiger partial charge on any atom is 0.419 e. The van der Waals surface area contributed by atoms with Crippen LogP contribution in [-0.2, 0) is 6.18 Å². The molecule has 0 bridgehead atoms. The predicted octanol–water partition coefficient (Wildman–Crippen LogP) is 2.93. The Morgan fingerprint density at radius 2 is 2.00 bits per heavy atom. The normalized spacial score (nSPS) is 20.5. The summed E-state index contributed by atoms with van der Waals surface area (Å²) in [6.07, 6.45) is -1.35. The van der Waals surface area contributed by atoms with Gasteiger partial charge in [0.1, 0.15) is 12.4 Å². The molecule has 118 valence electrons. The van der Waals surface area contributed by atoms with E-state index < -0.39 is 11.7 Å². The highest BCUT2D eigenvalue weighted by molar-refractivity contribution is 5.35. The number of alkyl halides is 3. The quantitative estimate of drug-likeness (QED) is 0.908. The number of aliphatic hydroxyl groups is 1. The second-order valence-corrected chi connectivity index (χ2v) is 5.21. The fourth-order valence-corrected chi connectivity index (χ4v) is 2.66. The molecule has 2 rings (SSSR count). The summed E-state index contributed by atoms with van der Waals surface area (Å²) in [5.74, 6) is -0.137. The van der Waals surface area contributed by atoms with Crippen LogP contribution in [-0.4, -0.2) is 42.4 Å². The number of benzene rings is 1. The summed E-state index contributed by atoms with van der Waals surface area (Å²) < 4.78 is 43.8. The monoisotopic (exact) mass is 303 g/mol. The molecule has 1 heterocycles. The van der Waals surface area contributed by atoms with Crippen LogP contribution in [0.15, 0.2) is 24.3 Å². The second-order valence-electron chi connectivity index (χ2n) is 5.21. The van der Waals surface area contributed by atoms with Gasteiger partial charge in [0.15, 0.2) is 0 Å². The van der Waals surface area contributed by atoms with Gasteiger partial charge in [-0.05, 0) is 31.5 Å². The molecule has 1 unspecified atom stereocenters. The first-order valence-corrected chi connectivity index (χ1v) is 7.16. The molecule has 3 nitrogen and oxygen atoms in total. The van der Waals surface area contributed by atoms with Crippen molar-refractivity contribution in [2.24, 2.45) is 0 Å². The Hall–Kier alpha value is -1.27.